The van der Waals surface area contributed by atoms with Crippen LogP contribution in [0.4, 0.5) is 28.4 Å². The molecule has 0 aliphatic carbocycles. The van der Waals surface area contributed by atoms with E-state index >= 15 is 0 Å². The first-order valence-corrected chi connectivity index (χ1v) is 14.9. The minimum absolute atomic E-state index is 0. The number of nitrogens with one attached hydrogen (secondary N) is 1. The number of amides is 3. The third-order valence-electron chi connectivity index (χ3n) is 7.20. The van der Waals surface area contributed by atoms with Gasteiger partial charge in [0.2, 0.25) is 5.91 Å². The van der Waals surface area contributed by atoms with E-state index in [0.29, 0.717) is 11.5 Å². The van der Waals surface area contributed by atoms with Gasteiger partial charge in [-0.25, -0.2) is 27.3 Å². The molecule has 1 atom stereocenters. The van der Waals surface area contributed by atoms with Crippen molar-refractivity contribution >= 4 is 40.6 Å². The van der Waals surface area contributed by atoms with E-state index in [0.717, 1.165) is 27.7 Å². The number of allylic oxidation sites excluding steroid dienone is 1. The zero-order valence-corrected chi connectivity index (χ0v) is 27.1. The summed E-state index contributed by atoms with van der Waals surface area (Å²) in [5, 5.41) is 2.80. The number of hydrogen-bond donors (Lipinski definition) is 1. The first-order valence-electron chi connectivity index (χ1n) is 14.9. The second-order valence-electron chi connectivity index (χ2n) is 11.3. The average molecular weight is 684 g/mol. The van der Waals surface area contributed by atoms with Crippen LogP contribution in [-0.4, -0.2) is 77.2 Å². The molecule has 4 aromatic rings. The van der Waals surface area contributed by atoms with Crippen LogP contribution in [0, 0.1) is 17.5 Å². The van der Waals surface area contributed by atoms with Gasteiger partial charge < -0.3 is 29.2 Å². The molecule has 0 aliphatic rings. The Labute approximate surface area is 280 Å². The predicted molar refractivity (Wildman–Crippen MR) is 175 cm³/mol. The summed E-state index contributed by atoms with van der Waals surface area (Å²) < 4.78 is 54.5. The SMILES string of the molecule is CN(C)C(=O)/C=C/CC[C@H](OC(=O)N(C)C)C(=O)Nc1cccn(Cc2cc3cc(F)ccc3n2C(=O)OCc2ccc(F)cc2F)c1=O.[HH]. The molecule has 0 aliphatic heterocycles. The van der Waals surface area contributed by atoms with Gasteiger partial charge in [0.25, 0.3) is 11.5 Å². The number of rotatable bonds is 11. The summed E-state index contributed by atoms with van der Waals surface area (Å²) in [6, 6.07) is 10.7. The lowest BCUT2D eigenvalue weighted by Gasteiger charge is -2.20. The first-order chi connectivity index (χ1) is 23.2. The van der Waals surface area contributed by atoms with Crippen LogP contribution in [0.5, 0.6) is 0 Å². The van der Waals surface area contributed by atoms with Crippen LogP contribution in [0.2, 0.25) is 0 Å². The van der Waals surface area contributed by atoms with E-state index in [1.54, 1.807) is 14.1 Å². The molecule has 15 heteroatoms. The van der Waals surface area contributed by atoms with Crippen molar-refractivity contribution in [3.63, 3.8) is 0 Å². The summed E-state index contributed by atoms with van der Waals surface area (Å²) in [5.41, 5.74) is -0.501. The molecule has 1 N–H and O–H groups in total. The maximum absolute atomic E-state index is 14.2. The maximum atomic E-state index is 14.2. The lowest BCUT2D eigenvalue weighted by atomic mass is 10.1. The quantitative estimate of drug-likeness (QED) is 0.217. The fourth-order valence-electron chi connectivity index (χ4n) is 4.61. The zero-order chi connectivity index (χ0) is 35.8. The van der Waals surface area contributed by atoms with Crippen LogP contribution >= 0.6 is 0 Å². The Hall–Kier alpha value is -5.86. The molecule has 0 bridgehead atoms. The van der Waals surface area contributed by atoms with Gasteiger partial charge in [-0.3, -0.25) is 14.4 Å². The number of fused-ring (bicyclic) bond motifs is 1. The predicted octanol–water partition coefficient (Wildman–Crippen LogP) is 5.13. The third kappa shape index (κ3) is 9.15. The fourth-order valence-corrected chi connectivity index (χ4v) is 4.61. The number of carbonyl (C=O) groups excluding carboxylic acids is 4. The minimum Gasteiger partial charge on any atom is -0.444 e. The number of aromatic nitrogens is 2. The molecule has 0 saturated carbocycles. The van der Waals surface area contributed by atoms with Crippen molar-refractivity contribution in [2.24, 2.45) is 0 Å². The molecule has 0 spiro atoms. The molecule has 2 heterocycles. The van der Waals surface area contributed by atoms with Crippen LogP contribution in [0.1, 0.15) is 25.5 Å². The van der Waals surface area contributed by atoms with Crippen LogP contribution in [-0.2, 0) is 32.2 Å². The van der Waals surface area contributed by atoms with Crippen molar-refractivity contribution in [3.05, 3.63) is 112 Å². The molecular weight excluding hydrogens is 647 g/mol. The lowest BCUT2D eigenvalue weighted by Crippen LogP contribution is -2.37. The standard InChI is InChI=1S/C34H34F3N5O7.H2/c1-39(2)30(43)10-6-5-9-29(49-33(46)40(3)4)31(44)38-27-8-7-15-41(32(27)45)19-25-17-22-16-23(35)13-14-28(22)42(25)34(47)48-20-21-11-12-24(36)18-26(21)37;/h6-8,10-18,29H,5,9,19-20H2,1-4H3,(H,38,44);1H/b10-6+;/t29-;/m0./s1. The Morgan fingerprint density at radius 1 is 0.959 bits per heavy atom. The van der Waals surface area contributed by atoms with Crippen LogP contribution in [0.3, 0.4) is 0 Å². The number of likely N-dealkylation sites (N-methyl/N-ethyl adjacent to an activating group) is 1. The van der Waals surface area contributed by atoms with E-state index in [2.05, 4.69) is 5.32 Å². The minimum atomic E-state index is -1.32. The van der Waals surface area contributed by atoms with Gasteiger partial charge in [-0.1, -0.05) is 6.08 Å². The summed E-state index contributed by atoms with van der Waals surface area (Å²) in [5.74, 6) is -3.35. The van der Waals surface area contributed by atoms with Crippen LogP contribution in [0.15, 0.2) is 77.7 Å². The van der Waals surface area contributed by atoms with Crippen molar-refractivity contribution in [1.82, 2.24) is 18.9 Å². The Morgan fingerprint density at radius 3 is 2.37 bits per heavy atom. The number of hydrogen-bond acceptors (Lipinski definition) is 7. The highest BCUT2D eigenvalue weighted by Crippen LogP contribution is 2.23. The van der Waals surface area contributed by atoms with Gasteiger partial charge in [-0.2, -0.15) is 0 Å². The smallest absolute Gasteiger partial charge is 0.419 e. The molecule has 260 valence electrons. The Kier molecular flexibility index (Phi) is 11.6. The molecule has 0 fully saturated rings. The maximum Gasteiger partial charge on any atom is 0.419 e. The number of anilines is 1. The highest BCUT2D eigenvalue weighted by Gasteiger charge is 2.25. The van der Waals surface area contributed by atoms with E-state index in [9.17, 15) is 37.1 Å². The van der Waals surface area contributed by atoms with E-state index in [1.807, 2.05) is 0 Å². The summed E-state index contributed by atoms with van der Waals surface area (Å²) in [7, 11) is 6.04. The molecule has 4 rings (SSSR count). The van der Waals surface area contributed by atoms with E-state index in [1.165, 1.54) is 72.2 Å². The van der Waals surface area contributed by atoms with Crippen molar-refractivity contribution in [3.8, 4) is 0 Å². The van der Waals surface area contributed by atoms with Gasteiger partial charge in [0.15, 0.2) is 6.10 Å². The van der Waals surface area contributed by atoms with E-state index in [4.69, 9.17) is 9.47 Å². The van der Waals surface area contributed by atoms with Gasteiger partial charge in [-0.15, -0.1) is 0 Å². The number of benzene rings is 2. The lowest BCUT2D eigenvalue weighted by molar-refractivity contribution is -0.125. The highest BCUT2D eigenvalue weighted by atomic mass is 19.1. The molecule has 12 nitrogen and oxygen atoms in total. The monoisotopic (exact) mass is 683 g/mol. The van der Waals surface area contributed by atoms with Gasteiger partial charge >= 0.3 is 12.2 Å². The van der Waals surface area contributed by atoms with E-state index in [-0.39, 0.29) is 49.2 Å². The number of nitrogens with zero attached hydrogens (tertiary/aromatic N) is 4. The molecule has 49 heavy (non-hydrogen) atoms. The second kappa shape index (κ2) is 15.8. The molecule has 2 aromatic carbocycles. The number of carbonyl (C=O) groups is 4. The largest absolute Gasteiger partial charge is 0.444 e. The van der Waals surface area contributed by atoms with Gasteiger partial charge in [0.1, 0.15) is 29.7 Å². The third-order valence-corrected chi connectivity index (χ3v) is 7.20. The first kappa shape index (κ1) is 36.0. The highest BCUT2D eigenvalue weighted by molar-refractivity contribution is 5.95. The van der Waals surface area contributed by atoms with Crippen LogP contribution in [0.25, 0.3) is 10.9 Å². The summed E-state index contributed by atoms with van der Waals surface area (Å²) in [6.07, 6.45) is 1.38. The molecule has 3 amide bonds. The summed E-state index contributed by atoms with van der Waals surface area (Å²) >= 11 is 0. The van der Waals surface area contributed by atoms with Gasteiger partial charge in [0.05, 0.1) is 12.1 Å². The molecular formula is C34H36F3N5O7. The average Bonchev–Trinajstić information content (AvgIpc) is 3.40. The Morgan fingerprint density at radius 2 is 1.67 bits per heavy atom. The normalized spacial score (nSPS) is 11.7. The fraction of sp³-hybridized carbons (Fsp3) is 0.265. The summed E-state index contributed by atoms with van der Waals surface area (Å²) in [4.78, 5) is 66.7. The number of halogens is 3. The second-order valence-corrected chi connectivity index (χ2v) is 11.3. The topological polar surface area (TPSA) is 132 Å². The number of ether oxygens (including phenoxy) is 2. The van der Waals surface area contributed by atoms with Gasteiger partial charge in [-0.05, 0) is 67.4 Å². The molecule has 0 radical (unpaired) electrons. The van der Waals surface area contributed by atoms with Crippen LogP contribution < -0.4 is 10.9 Å². The zero-order valence-electron chi connectivity index (χ0n) is 27.1. The van der Waals surface area contributed by atoms with Crippen molar-refractivity contribution < 1.29 is 43.2 Å². The van der Waals surface area contributed by atoms with Crippen molar-refractivity contribution in [1.29, 1.82) is 0 Å². The number of pyridine rings is 1. The molecule has 0 saturated heterocycles. The molecule has 2 aromatic heterocycles. The molecule has 0 unspecified atom stereocenters. The van der Waals surface area contributed by atoms with Gasteiger partial charge in [0, 0.05) is 58.5 Å². The van der Waals surface area contributed by atoms with Crippen molar-refractivity contribution in [2.45, 2.75) is 32.1 Å². The van der Waals surface area contributed by atoms with Crippen molar-refractivity contribution in [2.75, 3.05) is 33.5 Å². The Bertz CT molecular complexity index is 1980. The van der Waals surface area contributed by atoms with E-state index < -0.39 is 53.8 Å². The Balaban J connectivity index is 0.00000676. The summed E-state index contributed by atoms with van der Waals surface area (Å²) in [6.45, 7) is -0.781.